The van der Waals surface area contributed by atoms with E-state index in [1.165, 1.54) is 37.4 Å². The first kappa shape index (κ1) is 12.7. The minimum absolute atomic E-state index is 0.171. The van der Waals surface area contributed by atoms with E-state index < -0.39 is 5.97 Å². The van der Waals surface area contributed by atoms with Gasteiger partial charge in [0.15, 0.2) is 0 Å². The number of nitrogens with one attached hydrogen (secondary N) is 1. The van der Waals surface area contributed by atoms with E-state index in [9.17, 15) is 4.79 Å². The van der Waals surface area contributed by atoms with Gasteiger partial charge in [0.25, 0.3) is 0 Å². The van der Waals surface area contributed by atoms with E-state index in [0.717, 1.165) is 13.0 Å². The molecule has 0 saturated carbocycles. The summed E-state index contributed by atoms with van der Waals surface area (Å²) in [6.45, 7) is 1.33. The third kappa shape index (κ3) is 3.37. The molecule has 1 heterocycles. The van der Waals surface area contributed by atoms with Crippen molar-refractivity contribution in [1.82, 2.24) is 15.3 Å². The molecule has 0 amide bonds. The maximum Gasteiger partial charge on any atom is 0.339 e. The van der Waals surface area contributed by atoms with E-state index in [1.54, 1.807) is 0 Å². The van der Waals surface area contributed by atoms with Crippen LogP contribution in [0, 0.1) is 0 Å². The molecular formula is C13H17N3O2. The van der Waals surface area contributed by atoms with Gasteiger partial charge in [-0.05, 0) is 32.2 Å². The van der Waals surface area contributed by atoms with Gasteiger partial charge in [-0.3, -0.25) is 0 Å². The van der Waals surface area contributed by atoms with E-state index in [4.69, 9.17) is 5.11 Å². The Kier molecular flexibility index (Phi) is 4.41. The molecule has 2 N–H and O–H groups in total. The van der Waals surface area contributed by atoms with Crippen LogP contribution in [0.4, 0.5) is 0 Å². The van der Waals surface area contributed by atoms with E-state index in [0.29, 0.717) is 12.2 Å². The molecule has 1 aromatic heterocycles. The van der Waals surface area contributed by atoms with Gasteiger partial charge in [-0.15, -0.1) is 0 Å². The summed E-state index contributed by atoms with van der Waals surface area (Å²) in [6.07, 6.45) is 9.72. The van der Waals surface area contributed by atoms with Crippen LogP contribution in [-0.4, -0.2) is 27.6 Å². The van der Waals surface area contributed by atoms with Crippen LogP contribution in [0.1, 0.15) is 41.7 Å². The Bertz CT molecular complexity index is 457. The molecule has 5 nitrogen and oxygen atoms in total. The standard InChI is InChI=1S/C13H17N3O2/c17-13(18)11-7-15-9-16-12(11)8-14-6-5-10-3-1-2-4-10/h3,7,9,14H,1-2,4-6,8H2,(H,17,18). The SMILES string of the molecule is O=C(O)c1cncnc1CNCCC1=CCCC1. The van der Waals surface area contributed by atoms with Gasteiger partial charge in [0.1, 0.15) is 11.9 Å². The number of aromatic nitrogens is 2. The minimum Gasteiger partial charge on any atom is -0.478 e. The summed E-state index contributed by atoms with van der Waals surface area (Å²) in [7, 11) is 0. The molecule has 0 radical (unpaired) electrons. The Morgan fingerprint density at radius 3 is 3.11 bits per heavy atom. The van der Waals surface area contributed by atoms with Gasteiger partial charge >= 0.3 is 5.97 Å². The third-order valence-electron chi connectivity index (χ3n) is 3.08. The van der Waals surface area contributed by atoms with Gasteiger partial charge in [-0.25, -0.2) is 14.8 Å². The summed E-state index contributed by atoms with van der Waals surface area (Å²) in [5, 5.41) is 12.2. The fourth-order valence-corrected chi connectivity index (χ4v) is 2.09. The average molecular weight is 247 g/mol. The van der Waals surface area contributed by atoms with Crippen molar-refractivity contribution in [3.05, 3.63) is 35.4 Å². The molecule has 0 aromatic carbocycles. The molecule has 1 aromatic rings. The molecular weight excluding hydrogens is 230 g/mol. The fourth-order valence-electron chi connectivity index (χ4n) is 2.09. The lowest BCUT2D eigenvalue weighted by Gasteiger charge is -2.06. The van der Waals surface area contributed by atoms with Crippen LogP contribution in [0.25, 0.3) is 0 Å². The van der Waals surface area contributed by atoms with Crippen LogP contribution in [0.15, 0.2) is 24.2 Å². The largest absolute Gasteiger partial charge is 0.478 e. The van der Waals surface area contributed by atoms with Crippen LogP contribution in [0.2, 0.25) is 0 Å². The highest BCUT2D eigenvalue weighted by atomic mass is 16.4. The van der Waals surface area contributed by atoms with Crippen LogP contribution >= 0.6 is 0 Å². The van der Waals surface area contributed by atoms with E-state index in [2.05, 4.69) is 21.4 Å². The molecule has 2 rings (SSSR count). The first-order chi connectivity index (χ1) is 8.77. The van der Waals surface area contributed by atoms with Crippen molar-refractivity contribution in [1.29, 1.82) is 0 Å². The Hall–Kier alpha value is -1.75. The predicted octanol–water partition coefficient (Wildman–Crippen LogP) is 1.76. The van der Waals surface area contributed by atoms with Gasteiger partial charge in [0.2, 0.25) is 0 Å². The van der Waals surface area contributed by atoms with Crippen molar-refractivity contribution >= 4 is 5.97 Å². The average Bonchev–Trinajstić information content (AvgIpc) is 2.88. The highest BCUT2D eigenvalue weighted by Gasteiger charge is 2.10. The molecule has 0 spiro atoms. The number of carbonyl (C=O) groups is 1. The van der Waals surface area contributed by atoms with E-state index >= 15 is 0 Å². The Balaban J connectivity index is 1.81. The summed E-state index contributed by atoms with van der Waals surface area (Å²) in [4.78, 5) is 18.7. The summed E-state index contributed by atoms with van der Waals surface area (Å²) >= 11 is 0. The van der Waals surface area contributed by atoms with E-state index in [1.807, 2.05) is 0 Å². The van der Waals surface area contributed by atoms with Crippen LogP contribution in [0.5, 0.6) is 0 Å². The second kappa shape index (κ2) is 6.26. The number of hydrogen-bond acceptors (Lipinski definition) is 4. The van der Waals surface area contributed by atoms with Gasteiger partial charge in [0.05, 0.1) is 5.69 Å². The molecule has 18 heavy (non-hydrogen) atoms. The van der Waals surface area contributed by atoms with Crippen molar-refractivity contribution in [3.63, 3.8) is 0 Å². The lowest BCUT2D eigenvalue weighted by Crippen LogP contribution is -2.18. The Morgan fingerprint density at radius 2 is 2.39 bits per heavy atom. The van der Waals surface area contributed by atoms with Gasteiger partial charge in [0, 0.05) is 12.7 Å². The summed E-state index contributed by atoms with van der Waals surface area (Å²) in [6, 6.07) is 0. The van der Waals surface area contributed by atoms with Crippen LogP contribution < -0.4 is 5.32 Å². The highest BCUT2D eigenvalue weighted by molar-refractivity contribution is 5.88. The first-order valence-corrected chi connectivity index (χ1v) is 6.18. The monoisotopic (exact) mass is 247 g/mol. The first-order valence-electron chi connectivity index (χ1n) is 6.18. The molecule has 0 atom stereocenters. The lowest BCUT2D eigenvalue weighted by molar-refractivity contribution is 0.0694. The topological polar surface area (TPSA) is 75.1 Å². The van der Waals surface area contributed by atoms with Crippen molar-refractivity contribution in [2.75, 3.05) is 6.54 Å². The Morgan fingerprint density at radius 1 is 1.50 bits per heavy atom. The Labute approximate surface area is 106 Å². The van der Waals surface area contributed by atoms with Crippen molar-refractivity contribution in [2.24, 2.45) is 0 Å². The van der Waals surface area contributed by atoms with Gasteiger partial charge in [-0.2, -0.15) is 0 Å². The van der Waals surface area contributed by atoms with Crippen molar-refractivity contribution in [2.45, 2.75) is 32.2 Å². The fraction of sp³-hybridized carbons (Fsp3) is 0.462. The van der Waals surface area contributed by atoms with Crippen LogP contribution in [0.3, 0.4) is 0 Å². The molecule has 0 fully saturated rings. The van der Waals surface area contributed by atoms with Gasteiger partial charge in [-0.1, -0.05) is 11.6 Å². The quantitative estimate of drug-likeness (QED) is 0.592. The van der Waals surface area contributed by atoms with Crippen molar-refractivity contribution < 1.29 is 9.90 Å². The smallest absolute Gasteiger partial charge is 0.339 e. The number of allylic oxidation sites excluding steroid dienone is 1. The van der Waals surface area contributed by atoms with Crippen LogP contribution in [-0.2, 0) is 6.54 Å². The summed E-state index contributed by atoms with van der Waals surface area (Å²) in [5.41, 5.74) is 2.21. The van der Waals surface area contributed by atoms with E-state index in [-0.39, 0.29) is 5.56 Å². The number of hydrogen-bond donors (Lipinski definition) is 2. The molecule has 0 saturated heterocycles. The summed E-state index contributed by atoms with van der Waals surface area (Å²) < 4.78 is 0. The molecule has 0 unspecified atom stereocenters. The molecule has 5 heteroatoms. The minimum atomic E-state index is -0.981. The number of aromatic carboxylic acids is 1. The van der Waals surface area contributed by atoms with Gasteiger partial charge < -0.3 is 10.4 Å². The third-order valence-corrected chi connectivity index (χ3v) is 3.08. The number of rotatable bonds is 6. The predicted molar refractivity (Wildman–Crippen MR) is 67.2 cm³/mol. The maximum absolute atomic E-state index is 10.9. The number of carboxylic acids is 1. The number of nitrogens with zero attached hydrogens (tertiary/aromatic N) is 2. The molecule has 0 bridgehead atoms. The zero-order valence-corrected chi connectivity index (χ0v) is 10.2. The highest BCUT2D eigenvalue weighted by Crippen LogP contribution is 2.19. The number of carboxylic acid groups (broad SMARTS) is 1. The normalized spacial score (nSPS) is 14.6. The molecule has 1 aliphatic carbocycles. The second-order valence-electron chi connectivity index (χ2n) is 4.37. The molecule has 96 valence electrons. The maximum atomic E-state index is 10.9. The summed E-state index contributed by atoms with van der Waals surface area (Å²) in [5.74, 6) is -0.981. The molecule has 0 aliphatic heterocycles. The zero-order chi connectivity index (χ0) is 12.8. The lowest BCUT2D eigenvalue weighted by atomic mass is 10.1. The molecule has 1 aliphatic rings. The van der Waals surface area contributed by atoms with Crippen molar-refractivity contribution in [3.8, 4) is 0 Å². The zero-order valence-electron chi connectivity index (χ0n) is 10.2. The second-order valence-corrected chi connectivity index (χ2v) is 4.37.